The molecule has 5 rings (SSSR count). The van der Waals surface area contributed by atoms with Gasteiger partial charge in [-0.05, 0) is 49.6 Å². The molecule has 33 heavy (non-hydrogen) atoms. The van der Waals surface area contributed by atoms with E-state index in [0.717, 1.165) is 37.7 Å². The Hall–Kier alpha value is -3.81. The molecule has 1 aromatic carbocycles. The van der Waals surface area contributed by atoms with Crippen LogP contribution in [0, 0.1) is 6.92 Å². The van der Waals surface area contributed by atoms with E-state index in [-0.39, 0.29) is 41.1 Å². The lowest BCUT2D eigenvalue weighted by molar-refractivity contribution is 0.0467. The molecule has 0 saturated heterocycles. The number of aryl methyl sites for hydroxylation is 1. The van der Waals surface area contributed by atoms with E-state index in [0.29, 0.717) is 16.9 Å². The molecule has 0 radical (unpaired) electrons. The van der Waals surface area contributed by atoms with Gasteiger partial charge in [0, 0.05) is 18.3 Å². The highest BCUT2D eigenvalue weighted by Crippen LogP contribution is 2.31. The first kappa shape index (κ1) is 21.1. The number of esters is 1. The van der Waals surface area contributed by atoms with Crippen LogP contribution in [0.25, 0.3) is 5.65 Å². The fourth-order valence-electron chi connectivity index (χ4n) is 4.66. The van der Waals surface area contributed by atoms with Crippen LogP contribution in [0.2, 0.25) is 0 Å². The van der Waals surface area contributed by atoms with E-state index in [1.165, 1.54) is 33.6 Å². The molecule has 0 unspecified atom stereocenters. The Morgan fingerprint density at radius 2 is 1.79 bits per heavy atom. The number of aromatic nitrogens is 2. The second kappa shape index (κ2) is 8.27. The summed E-state index contributed by atoms with van der Waals surface area (Å²) in [6.45, 7) is 1.66. The maximum atomic E-state index is 13.0. The van der Waals surface area contributed by atoms with Crippen molar-refractivity contribution in [2.45, 2.75) is 51.7 Å². The number of amides is 2. The van der Waals surface area contributed by atoms with Crippen LogP contribution in [0.3, 0.4) is 0 Å². The number of fused-ring (bicyclic) bond motifs is 2. The second-order valence-electron chi connectivity index (χ2n) is 8.58. The molecule has 8 nitrogen and oxygen atoms in total. The minimum Gasteiger partial charge on any atom is -0.456 e. The van der Waals surface area contributed by atoms with Gasteiger partial charge in [-0.1, -0.05) is 25.3 Å². The molecule has 1 saturated carbocycles. The Morgan fingerprint density at radius 1 is 1.03 bits per heavy atom. The molecular weight excluding hydrogens is 422 g/mol. The van der Waals surface area contributed by atoms with Crippen molar-refractivity contribution in [2.24, 2.45) is 0 Å². The zero-order chi connectivity index (χ0) is 23.1. The first-order chi connectivity index (χ1) is 15.9. The molecule has 0 spiro atoms. The summed E-state index contributed by atoms with van der Waals surface area (Å²) in [5.41, 5.74) is 2.12. The molecule has 2 aliphatic rings. The van der Waals surface area contributed by atoms with E-state index in [1.54, 1.807) is 12.3 Å². The lowest BCUT2D eigenvalue weighted by atomic mass is 9.94. The number of ether oxygens (including phenoxy) is 1. The van der Waals surface area contributed by atoms with Crippen LogP contribution in [-0.2, 0) is 11.3 Å². The number of hydrogen-bond acceptors (Lipinski definition) is 6. The first-order valence-corrected chi connectivity index (χ1v) is 11.1. The molecular formula is C25H23N3O5. The van der Waals surface area contributed by atoms with Crippen LogP contribution in [-0.4, -0.2) is 38.1 Å². The third kappa shape index (κ3) is 3.71. The summed E-state index contributed by atoms with van der Waals surface area (Å²) in [6, 6.07) is 9.28. The molecule has 2 aromatic heterocycles. The van der Waals surface area contributed by atoms with Gasteiger partial charge < -0.3 is 4.74 Å². The van der Waals surface area contributed by atoms with E-state index >= 15 is 0 Å². The lowest BCUT2D eigenvalue weighted by Gasteiger charge is -2.29. The zero-order valence-electron chi connectivity index (χ0n) is 18.2. The molecule has 3 heterocycles. The number of imide groups is 1. The molecule has 0 atom stereocenters. The van der Waals surface area contributed by atoms with Gasteiger partial charge in [-0.25, -0.2) is 9.78 Å². The highest BCUT2D eigenvalue weighted by Gasteiger charge is 2.40. The highest BCUT2D eigenvalue weighted by molar-refractivity contribution is 6.22. The van der Waals surface area contributed by atoms with Gasteiger partial charge in [-0.3, -0.25) is 23.7 Å². The maximum Gasteiger partial charge on any atom is 0.338 e. The van der Waals surface area contributed by atoms with Crippen molar-refractivity contribution in [2.75, 3.05) is 0 Å². The summed E-state index contributed by atoms with van der Waals surface area (Å²) in [6.07, 6.45) is 6.39. The lowest BCUT2D eigenvalue weighted by Crippen LogP contribution is -2.40. The summed E-state index contributed by atoms with van der Waals surface area (Å²) in [5, 5.41) is 0. The van der Waals surface area contributed by atoms with Crippen molar-refractivity contribution in [1.82, 2.24) is 14.3 Å². The number of carbonyl (C=O) groups is 3. The van der Waals surface area contributed by atoms with E-state index in [1.807, 2.05) is 13.0 Å². The Morgan fingerprint density at radius 3 is 2.58 bits per heavy atom. The van der Waals surface area contributed by atoms with Gasteiger partial charge in [0.1, 0.15) is 12.3 Å². The van der Waals surface area contributed by atoms with Crippen molar-refractivity contribution in [3.63, 3.8) is 0 Å². The minimum absolute atomic E-state index is 0.0804. The number of carbonyl (C=O) groups excluding carboxylic acids is 3. The normalized spacial score (nSPS) is 16.3. The Labute approximate surface area is 189 Å². The fourth-order valence-corrected chi connectivity index (χ4v) is 4.66. The smallest absolute Gasteiger partial charge is 0.338 e. The van der Waals surface area contributed by atoms with E-state index < -0.39 is 5.97 Å². The molecule has 1 aliphatic heterocycles. The van der Waals surface area contributed by atoms with Gasteiger partial charge in [-0.15, -0.1) is 0 Å². The molecule has 0 bridgehead atoms. The maximum absolute atomic E-state index is 13.0. The molecule has 3 aromatic rings. The predicted octanol–water partition coefficient (Wildman–Crippen LogP) is 3.29. The first-order valence-electron chi connectivity index (χ1n) is 11.1. The second-order valence-corrected chi connectivity index (χ2v) is 8.58. The molecule has 1 aliphatic carbocycles. The highest BCUT2D eigenvalue weighted by atomic mass is 16.5. The summed E-state index contributed by atoms with van der Waals surface area (Å²) in [5.74, 6) is -1.30. The molecule has 168 valence electrons. The zero-order valence-corrected chi connectivity index (χ0v) is 18.2. The van der Waals surface area contributed by atoms with Crippen molar-refractivity contribution < 1.29 is 19.1 Å². The van der Waals surface area contributed by atoms with Gasteiger partial charge >= 0.3 is 5.97 Å². The fraction of sp³-hybridized carbons (Fsp3) is 0.320. The Balaban J connectivity index is 1.34. The Kier molecular flexibility index (Phi) is 5.28. The molecule has 1 fully saturated rings. The molecule has 0 N–H and O–H groups in total. The summed E-state index contributed by atoms with van der Waals surface area (Å²) >= 11 is 0. The number of rotatable bonds is 4. The van der Waals surface area contributed by atoms with Crippen molar-refractivity contribution in [3.05, 3.63) is 80.9 Å². The van der Waals surface area contributed by atoms with Gasteiger partial charge in [0.05, 0.1) is 22.4 Å². The van der Waals surface area contributed by atoms with Crippen LogP contribution in [0.5, 0.6) is 0 Å². The molecule has 2 amide bonds. The number of pyridine rings is 1. The average Bonchev–Trinajstić information content (AvgIpc) is 3.08. The third-order valence-corrected chi connectivity index (χ3v) is 6.38. The van der Waals surface area contributed by atoms with Crippen molar-refractivity contribution in [3.8, 4) is 0 Å². The van der Waals surface area contributed by atoms with Crippen LogP contribution in [0.1, 0.15) is 74.4 Å². The van der Waals surface area contributed by atoms with E-state index in [4.69, 9.17) is 4.74 Å². The third-order valence-electron chi connectivity index (χ3n) is 6.38. The quantitative estimate of drug-likeness (QED) is 0.452. The summed E-state index contributed by atoms with van der Waals surface area (Å²) in [7, 11) is 0. The largest absolute Gasteiger partial charge is 0.456 e. The Bertz CT molecular complexity index is 1350. The summed E-state index contributed by atoms with van der Waals surface area (Å²) < 4.78 is 6.80. The van der Waals surface area contributed by atoms with Gasteiger partial charge in [0.2, 0.25) is 0 Å². The van der Waals surface area contributed by atoms with Crippen LogP contribution < -0.4 is 5.56 Å². The predicted molar refractivity (Wildman–Crippen MR) is 119 cm³/mol. The SMILES string of the molecule is Cc1cccn2c(=O)cc(COC(=O)c3ccc4c(c3)C(=O)N(C3CCCCC3)C4=O)nc12. The van der Waals surface area contributed by atoms with Gasteiger partial charge in [-0.2, -0.15) is 0 Å². The monoisotopic (exact) mass is 445 g/mol. The van der Waals surface area contributed by atoms with Gasteiger partial charge in [0.25, 0.3) is 17.4 Å². The summed E-state index contributed by atoms with van der Waals surface area (Å²) in [4.78, 5) is 56.5. The van der Waals surface area contributed by atoms with Crippen LogP contribution in [0.4, 0.5) is 0 Å². The van der Waals surface area contributed by atoms with Crippen LogP contribution in [0.15, 0.2) is 47.4 Å². The average molecular weight is 445 g/mol. The number of hydrogen-bond donors (Lipinski definition) is 0. The van der Waals surface area contributed by atoms with Crippen molar-refractivity contribution in [1.29, 1.82) is 0 Å². The van der Waals surface area contributed by atoms with Crippen LogP contribution >= 0.6 is 0 Å². The number of benzene rings is 1. The van der Waals surface area contributed by atoms with Gasteiger partial charge in [0.15, 0.2) is 0 Å². The minimum atomic E-state index is -0.652. The van der Waals surface area contributed by atoms with Crippen molar-refractivity contribution >= 4 is 23.4 Å². The van der Waals surface area contributed by atoms with E-state index in [2.05, 4.69) is 4.98 Å². The standard InChI is InChI=1S/C25H23N3O5/c1-15-6-5-11-27-21(29)13-17(26-22(15)27)14-33-25(32)16-9-10-19-20(12-16)24(31)28(23(19)30)18-7-3-2-4-8-18/h5-6,9-13,18H,2-4,7-8,14H2,1H3. The topological polar surface area (TPSA) is 98.0 Å². The molecule has 8 heteroatoms. The van der Waals surface area contributed by atoms with E-state index in [9.17, 15) is 19.2 Å². The number of nitrogens with zero attached hydrogens (tertiary/aromatic N) is 3.